The first kappa shape index (κ1) is 34.5. The van der Waals surface area contributed by atoms with Crippen molar-refractivity contribution in [3.05, 3.63) is 120 Å². The summed E-state index contributed by atoms with van der Waals surface area (Å²) in [7, 11) is 3.11. The van der Waals surface area contributed by atoms with E-state index in [9.17, 15) is 14.0 Å². The largest absolute Gasteiger partial charge is 0.497 e. The number of ketones is 1. The van der Waals surface area contributed by atoms with E-state index in [0.717, 1.165) is 28.1 Å². The average Bonchev–Trinajstić information content (AvgIpc) is 3.47. The van der Waals surface area contributed by atoms with Crippen LogP contribution in [-0.4, -0.2) is 42.9 Å². The molecule has 2 unspecified atom stereocenters. The first-order chi connectivity index (χ1) is 24.2. The minimum absolute atomic E-state index is 0.0296. The van der Waals surface area contributed by atoms with E-state index in [0.29, 0.717) is 41.5 Å². The van der Waals surface area contributed by atoms with Gasteiger partial charge in [-0.3, -0.25) is 9.59 Å². The average molecular weight is 677 g/mol. The summed E-state index contributed by atoms with van der Waals surface area (Å²) in [6, 6.07) is 30.7. The van der Waals surface area contributed by atoms with E-state index in [2.05, 4.69) is 23.7 Å². The van der Waals surface area contributed by atoms with Gasteiger partial charge in [-0.2, -0.15) is 0 Å². The second-order valence-corrected chi connectivity index (χ2v) is 12.5. The van der Waals surface area contributed by atoms with Gasteiger partial charge in [-0.25, -0.2) is 4.39 Å². The van der Waals surface area contributed by atoms with Gasteiger partial charge in [0.2, 0.25) is 6.29 Å². The second kappa shape index (κ2) is 15.4. The highest BCUT2D eigenvalue weighted by Gasteiger charge is 2.33. The van der Waals surface area contributed by atoms with Gasteiger partial charge in [0.05, 0.1) is 38.0 Å². The fourth-order valence-corrected chi connectivity index (χ4v) is 6.57. The van der Waals surface area contributed by atoms with Crippen molar-refractivity contribution in [3.63, 3.8) is 0 Å². The molecule has 0 aliphatic carbocycles. The molecule has 1 fully saturated rings. The van der Waals surface area contributed by atoms with Crippen molar-refractivity contribution in [2.45, 2.75) is 58.0 Å². The summed E-state index contributed by atoms with van der Waals surface area (Å²) in [5, 5.41) is 3.11. The number of halogens is 1. The lowest BCUT2D eigenvalue weighted by atomic mass is 9.94. The molecule has 4 aromatic carbocycles. The molecular weight excluding hydrogens is 635 g/mol. The Labute approximate surface area is 291 Å². The number of hydrogen-bond donors (Lipinski definition) is 1. The number of rotatable bonds is 12. The van der Waals surface area contributed by atoms with Gasteiger partial charge in [0, 0.05) is 36.0 Å². The lowest BCUT2D eigenvalue weighted by molar-refractivity contribution is -0.165. The van der Waals surface area contributed by atoms with Crippen LogP contribution >= 0.6 is 0 Å². The summed E-state index contributed by atoms with van der Waals surface area (Å²) in [5.74, 6) is 0.885. The van der Waals surface area contributed by atoms with Gasteiger partial charge < -0.3 is 28.8 Å². The molecule has 0 spiro atoms. The Kier molecular flexibility index (Phi) is 10.6. The van der Waals surface area contributed by atoms with Crippen LogP contribution in [0.3, 0.4) is 0 Å². The molecule has 8 nitrogen and oxygen atoms in total. The summed E-state index contributed by atoms with van der Waals surface area (Å²) in [4.78, 5) is 27.4. The van der Waals surface area contributed by atoms with Gasteiger partial charge in [-0.15, -0.1) is 0 Å². The van der Waals surface area contributed by atoms with Crippen molar-refractivity contribution in [2.24, 2.45) is 0 Å². The molecular formula is C41H41FN2O6. The summed E-state index contributed by atoms with van der Waals surface area (Å²) in [6.45, 7) is 4.54. The predicted octanol–water partition coefficient (Wildman–Crippen LogP) is 8.90. The van der Waals surface area contributed by atoms with E-state index in [4.69, 9.17) is 18.9 Å². The minimum Gasteiger partial charge on any atom is -0.497 e. The molecule has 2 heterocycles. The monoisotopic (exact) mass is 676 g/mol. The van der Waals surface area contributed by atoms with Gasteiger partial charge in [-0.1, -0.05) is 62.4 Å². The van der Waals surface area contributed by atoms with Crippen LogP contribution in [0.25, 0.3) is 22.4 Å². The number of hydrogen-bond acceptors (Lipinski definition) is 6. The number of aromatic nitrogens is 1. The third-order valence-corrected chi connectivity index (χ3v) is 8.79. The number of benzene rings is 4. The van der Waals surface area contributed by atoms with Crippen molar-refractivity contribution in [1.82, 2.24) is 4.57 Å². The molecule has 0 saturated carbocycles. The second-order valence-electron chi connectivity index (χ2n) is 12.5. The molecule has 0 radical (unpaired) electrons. The smallest absolute Gasteiger partial charge is 0.258 e. The maximum Gasteiger partial charge on any atom is 0.258 e. The Morgan fingerprint density at radius 2 is 1.58 bits per heavy atom. The summed E-state index contributed by atoms with van der Waals surface area (Å²) in [5.41, 5.74) is 5.21. The van der Waals surface area contributed by atoms with Crippen molar-refractivity contribution in [1.29, 1.82) is 0 Å². The minimum atomic E-state index is -0.804. The fourth-order valence-electron chi connectivity index (χ4n) is 6.57. The SMILES string of the molecule is COc1ccc(OC2CC(=O)CC(CCn3c(-c4ccc(F)cc4)c(-c4ccccc4)c(C(=O)Nc4ccccc4)c3C(C)C)O2)c(OC)c1. The summed E-state index contributed by atoms with van der Waals surface area (Å²) < 4.78 is 39.7. The van der Waals surface area contributed by atoms with Crippen LogP contribution in [-0.2, 0) is 16.1 Å². The number of carbonyl (C=O) groups is 2. The lowest BCUT2D eigenvalue weighted by Gasteiger charge is -2.30. The van der Waals surface area contributed by atoms with Crippen molar-refractivity contribution in [3.8, 4) is 39.6 Å². The standard InChI is InChI=1S/C41H41FN2O6/c1-26(2)39-38(41(46)43-30-13-9-6-10-14-30)37(27-11-7-5-8-12-27)40(28-15-17-29(42)18-16-28)44(39)22-21-33-23-31(45)24-36(49-33)50-34-20-19-32(47-3)25-35(34)48-4/h5-20,25-26,33,36H,21-24H2,1-4H3,(H,43,46). The van der Waals surface area contributed by atoms with Crippen molar-refractivity contribution < 1.29 is 32.9 Å². The molecule has 1 aliphatic rings. The van der Waals surface area contributed by atoms with E-state index in [-0.39, 0.29) is 36.3 Å². The van der Waals surface area contributed by atoms with Crippen LogP contribution in [0.1, 0.15) is 55.1 Å². The molecule has 1 N–H and O–H groups in total. The Morgan fingerprint density at radius 1 is 0.880 bits per heavy atom. The molecule has 258 valence electrons. The Balaban J connectivity index is 1.40. The Bertz CT molecular complexity index is 1940. The number of nitrogens with one attached hydrogen (secondary N) is 1. The molecule has 50 heavy (non-hydrogen) atoms. The van der Waals surface area contributed by atoms with Gasteiger partial charge >= 0.3 is 0 Å². The van der Waals surface area contributed by atoms with E-state index in [1.807, 2.05) is 60.7 Å². The number of anilines is 1. The van der Waals surface area contributed by atoms with Crippen LogP contribution in [0.5, 0.6) is 17.2 Å². The number of nitrogens with zero attached hydrogens (tertiary/aromatic N) is 1. The van der Waals surface area contributed by atoms with Gasteiger partial charge in [0.15, 0.2) is 11.5 Å². The maximum absolute atomic E-state index is 14.4. The van der Waals surface area contributed by atoms with E-state index < -0.39 is 12.4 Å². The third-order valence-electron chi connectivity index (χ3n) is 8.79. The topological polar surface area (TPSA) is 88.0 Å². The number of Topliss-reactive ketones (excluding diaryl/α,β-unsaturated/α-hetero) is 1. The fraction of sp³-hybridized carbons (Fsp3) is 0.268. The molecule has 6 rings (SSSR count). The Hall–Kier alpha value is -5.41. The molecule has 1 saturated heterocycles. The highest BCUT2D eigenvalue weighted by Crippen LogP contribution is 2.43. The highest BCUT2D eigenvalue weighted by molar-refractivity contribution is 6.12. The number of amides is 1. The number of carbonyl (C=O) groups excluding carboxylic acids is 2. The lowest BCUT2D eigenvalue weighted by Crippen LogP contribution is -2.37. The highest BCUT2D eigenvalue weighted by atomic mass is 19.1. The third kappa shape index (κ3) is 7.58. The molecule has 1 amide bonds. The summed E-state index contributed by atoms with van der Waals surface area (Å²) >= 11 is 0. The number of para-hydroxylation sites is 1. The molecule has 1 aromatic heterocycles. The normalized spacial score (nSPS) is 15.9. The zero-order chi connectivity index (χ0) is 35.2. The molecule has 2 atom stereocenters. The molecule has 1 aliphatic heterocycles. The first-order valence-corrected chi connectivity index (χ1v) is 16.8. The van der Waals surface area contributed by atoms with E-state index in [1.54, 1.807) is 37.4 Å². The zero-order valence-electron chi connectivity index (χ0n) is 28.7. The van der Waals surface area contributed by atoms with Gasteiger partial charge in [0.1, 0.15) is 17.3 Å². The number of ether oxygens (including phenoxy) is 4. The van der Waals surface area contributed by atoms with E-state index >= 15 is 0 Å². The Morgan fingerprint density at radius 3 is 2.24 bits per heavy atom. The van der Waals surface area contributed by atoms with Crippen LogP contribution in [0, 0.1) is 5.82 Å². The van der Waals surface area contributed by atoms with Crippen LogP contribution in [0.2, 0.25) is 0 Å². The molecule has 0 bridgehead atoms. The quantitative estimate of drug-likeness (QED) is 0.142. The van der Waals surface area contributed by atoms with Crippen molar-refractivity contribution >= 4 is 17.4 Å². The molecule has 5 aromatic rings. The van der Waals surface area contributed by atoms with Crippen molar-refractivity contribution in [2.75, 3.05) is 19.5 Å². The summed E-state index contributed by atoms with van der Waals surface area (Å²) in [6.07, 6.45) is -0.453. The van der Waals surface area contributed by atoms with Crippen LogP contribution in [0.4, 0.5) is 10.1 Å². The first-order valence-electron chi connectivity index (χ1n) is 16.8. The van der Waals surface area contributed by atoms with Gasteiger partial charge in [-0.05, 0) is 72.0 Å². The number of methoxy groups -OCH3 is 2. The zero-order valence-corrected chi connectivity index (χ0v) is 28.7. The van der Waals surface area contributed by atoms with Crippen LogP contribution in [0.15, 0.2) is 103 Å². The van der Waals surface area contributed by atoms with Gasteiger partial charge in [0.25, 0.3) is 5.91 Å². The van der Waals surface area contributed by atoms with E-state index in [1.165, 1.54) is 19.2 Å². The molecule has 9 heteroatoms. The van der Waals surface area contributed by atoms with Crippen LogP contribution < -0.4 is 19.5 Å². The maximum atomic E-state index is 14.4. The predicted molar refractivity (Wildman–Crippen MR) is 191 cm³/mol.